The van der Waals surface area contributed by atoms with E-state index in [1.54, 1.807) is 25.1 Å². The van der Waals surface area contributed by atoms with Crippen molar-refractivity contribution in [1.29, 1.82) is 0 Å². The van der Waals surface area contributed by atoms with E-state index in [9.17, 15) is 0 Å². The van der Waals surface area contributed by atoms with Crippen molar-refractivity contribution < 1.29 is 23.3 Å². The molecule has 0 aliphatic carbocycles. The summed E-state index contributed by atoms with van der Waals surface area (Å²) in [6.45, 7) is 0. The highest BCUT2D eigenvalue weighted by molar-refractivity contribution is 5.84. The fourth-order valence-electron chi connectivity index (χ4n) is 8.47. The molecule has 1 saturated heterocycles. The molecule has 0 spiro atoms. The van der Waals surface area contributed by atoms with E-state index in [4.69, 9.17) is 30.4 Å². The van der Waals surface area contributed by atoms with Crippen LogP contribution in [0.15, 0.2) is 176 Å². The molecule has 9 rings (SSSR count). The lowest BCUT2D eigenvalue weighted by Crippen LogP contribution is -2.39. The number of rotatable bonds is 13. The van der Waals surface area contributed by atoms with Crippen LogP contribution in [0.5, 0.6) is 11.5 Å². The molecule has 0 bridgehead atoms. The summed E-state index contributed by atoms with van der Waals surface area (Å²) in [5, 5.41) is 3.67. The van der Waals surface area contributed by atoms with E-state index in [-0.39, 0.29) is 11.5 Å². The van der Waals surface area contributed by atoms with Gasteiger partial charge in [-0.3, -0.25) is 4.57 Å². The van der Waals surface area contributed by atoms with E-state index >= 15 is 4.39 Å². The molecule has 0 unspecified atom stereocenters. The van der Waals surface area contributed by atoms with Crippen LogP contribution < -0.4 is 14.8 Å². The van der Waals surface area contributed by atoms with Gasteiger partial charge in [-0.25, -0.2) is 4.98 Å². The van der Waals surface area contributed by atoms with Gasteiger partial charge in [-0.15, -0.1) is 6.42 Å². The lowest BCUT2D eigenvalue weighted by Gasteiger charge is -2.38. The zero-order valence-electron chi connectivity index (χ0n) is 33.6. The summed E-state index contributed by atoms with van der Waals surface area (Å²) in [6.07, 6.45) is 5.06. The third-order valence-electron chi connectivity index (χ3n) is 11.4. The van der Waals surface area contributed by atoms with Crippen molar-refractivity contribution >= 4 is 17.0 Å². The molecular weight excluding hydrogens is 766 g/mol. The fourth-order valence-corrected chi connectivity index (χ4v) is 8.47. The van der Waals surface area contributed by atoms with Crippen LogP contribution >= 0.6 is 0 Å². The smallest absolute Gasteiger partial charge is 0.312 e. The number of anilines is 1. The maximum Gasteiger partial charge on any atom is 0.312 e. The van der Waals surface area contributed by atoms with E-state index in [1.165, 1.54) is 0 Å². The number of hydrogen-bond donors (Lipinski definition) is 1. The third kappa shape index (κ3) is 7.14. The number of nitrogens with zero attached hydrogens (tertiary/aromatic N) is 4. The normalized spacial score (nSPS) is 16.5. The van der Waals surface area contributed by atoms with Crippen molar-refractivity contribution in [3.8, 4) is 23.8 Å². The van der Waals surface area contributed by atoms with E-state index in [0.717, 1.165) is 33.4 Å². The molecule has 10 heteroatoms. The maximum atomic E-state index is 16.0. The Labute approximate surface area is 353 Å². The molecule has 61 heavy (non-hydrogen) atoms. The molecule has 0 amide bonds. The summed E-state index contributed by atoms with van der Waals surface area (Å²) < 4.78 is 42.7. The summed E-state index contributed by atoms with van der Waals surface area (Å²) in [6, 6.07) is 55.6. The van der Waals surface area contributed by atoms with Crippen molar-refractivity contribution in [1.82, 2.24) is 19.5 Å². The predicted octanol–water partition coefficient (Wildman–Crippen LogP) is 9.68. The van der Waals surface area contributed by atoms with Gasteiger partial charge in [0.15, 0.2) is 17.0 Å². The average molecular weight is 808 g/mol. The molecule has 302 valence electrons. The van der Waals surface area contributed by atoms with Crippen LogP contribution in [0.25, 0.3) is 11.2 Å². The summed E-state index contributed by atoms with van der Waals surface area (Å²) in [5.74, 6) is 4.44. The molecule has 9 nitrogen and oxygen atoms in total. The number of hydrogen-bond acceptors (Lipinski definition) is 8. The molecule has 0 saturated carbocycles. The van der Waals surface area contributed by atoms with Crippen molar-refractivity contribution in [2.45, 2.75) is 36.0 Å². The van der Waals surface area contributed by atoms with Crippen molar-refractivity contribution in [2.24, 2.45) is 0 Å². The summed E-state index contributed by atoms with van der Waals surface area (Å²) in [4.78, 5) is 13.5. The number of benzene rings is 6. The predicted molar refractivity (Wildman–Crippen MR) is 233 cm³/mol. The lowest BCUT2D eigenvalue weighted by molar-refractivity contribution is -0.0677. The van der Waals surface area contributed by atoms with Gasteiger partial charge >= 0.3 is 6.08 Å². The number of aromatic nitrogens is 4. The number of imidazole rings is 1. The molecule has 0 radical (unpaired) electrons. The number of terminal acetylenes is 1. The number of ether oxygens (including phenoxy) is 4. The van der Waals surface area contributed by atoms with Gasteiger partial charge in [0.05, 0.1) is 20.5 Å². The minimum absolute atomic E-state index is 0.191. The summed E-state index contributed by atoms with van der Waals surface area (Å²) in [7, 11) is 3.27. The first-order valence-electron chi connectivity index (χ1n) is 20.0. The van der Waals surface area contributed by atoms with Crippen molar-refractivity contribution in [3.63, 3.8) is 0 Å². The molecule has 1 N–H and O–H groups in total. The van der Waals surface area contributed by atoms with Crippen LogP contribution in [-0.2, 0) is 20.6 Å². The van der Waals surface area contributed by atoms with Gasteiger partial charge in [0, 0.05) is 6.42 Å². The highest BCUT2D eigenvalue weighted by Crippen LogP contribution is 2.46. The minimum atomic E-state index is -1.10. The Morgan fingerprint density at radius 3 is 1.61 bits per heavy atom. The van der Waals surface area contributed by atoms with Crippen LogP contribution in [0.3, 0.4) is 0 Å². The van der Waals surface area contributed by atoms with Crippen LogP contribution in [0.1, 0.15) is 46.0 Å². The van der Waals surface area contributed by atoms with Gasteiger partial charge in [0.1, 0.15) is 41.1 Å². The molecule has 3 atom stereocenters. The number of halogens is 1. The molecule has 1 aliphatic heterocycles. The topological polar surface area (TPSA) is 92.6 Å². The fraction of sp³-hybridized carbons (Fsp3) is 0.157. The first-order chi connectivity index (χ1) is 30.0. The Hall–Kier alpha value is -7.32. The number of fused-ring (bicyclic) bond motifs is 1. The summed E-state index contributed by atoms with van der Waals surface area (Å²) in [5.41, 5.74) is 3.76. The van der Waals surface area contributed by atoms with Crippen LogP contribution in [0.2, 0.25) is 0 Å². The van der Waals surface area contributed by atoms with E-state index in [2.05, 4.69) is 21.2 Å². The SMILES string of the molecule is C#C[C@H]1O[C@@H](n2cnc3c(NC(c4ccccc4)(c4ccccc4)c4ccc(OC)cc4)nc(F)nc32)C[C@@H]1OC(c1ccccc1)(c1ccccc1)c1ccc(OC)cc1. The van der Waals surface area contributed by atoms with Crippen LogP contribution in [0.4, 0.5) is 10.2 Å². The Morgan fingerprint density at radius 1 is 0.656 bits per heavy atom. The van der Waals surface area contributed by atoms with Gasteiger partial charge in [-0.1, -0.05) is 152 Å². The van der Waals surface area contributed by atoms with Crippen molar-refractivity contribution in [2.75, 3.05) is 19.5 Å². The van der Waals surface area contributed by atoms with Crippen molar-refractivity contribution in [3.05, 3.63) is 216 Å². The largest absolute Gasteiger partial charge is 0.497 e. The maximum absolute atomic E-state index is 16.0. The number of methoxy groups -OCH3 is 2. The van der Waals surface area contributed by atoms with E-state index in [0.29, 0.717) is 23.4 Å². The molecule has 6 aromatic carbocycles. The highest BCUT2D eigenvalue weighted by Gasteiger charge is 2.46. The Morgan fingerprint density at radius 2 is 1.11 bits per heavy atom. The zero-order valence-corrected chi connectivity index (χ0v) is 33.6. The van der Waals surface area contributed by atoms with E-state index in [1.807, 2.05) is 170 Å². The Bertz CT molecular complexity index is 2680. The van der Waals surface area contributed by atoms with Gasteiger partial charge in [0.2, 0.25) is 0 Å². The molecule has 1 aliphatic rings. The van der Waals surface area contributed by atoms with Gasteiger partial charge < -0.3 is 24.3 Å². The number of nitrogens with one attached hydrogen (secondary N) is 1. The summed E-state index contributed by atoms with van der Waals surface area (Å²) >= 11 is 0. The lowest BCUT2D eigenvalue weighted by atomic mass is 9.77. The highest BCUT2D eigenvalue weighted by atomic mass is 19.1. The standard InChI is InChI=1S/C51H42FN5O4/c1-4-43-44(61-51(38-21-13-7-14-22-38,39-23-15-8-16-24-39)40-27-31-42(59-3)32-28-40)33-45(60-43)57-34-53-46-47(54-49(52)55-48(46)57)56-50(35-17-9-5-10-18-35,36-19-11-6-12-20-36)37-25-29-41(58-2)30-26-37/h1,5-32,34,43-45H,33H2,2-3H3,(H,54,55,56)/t43-,44+,45-/m1/s1. The average Bonchev–Trinajstić information content (AvgIpc) is 3.95. The molecule has 3 heterocycles. The second-order valence-corrected chi connectivity index (χ2v) is 14.7. The van der Waals surface area contributed by atoms with E-state index < -0.39 is 35.7 Å². The monoisotopic (exact) mass is 807 g/mol. The Balaban J connectivity index is 1.13. The van der Waals surface area contributed by atoms with Gasteiger partial charge in [-0.05, 0) is 57.6 Å². The third-order valence-corrected chi connectivity index (χ3v) is 11.4. The molecular formula is C51H42FN5O4. The van der Waals surface area contributed by atoms with Gasteiger partial charge in [-0.2, -0.15) is 14.4 Å². The zero-order chi connectivity index (χ0) is 41.8. The Kier molecular flexibility index (Phi) is 10.7. The van der Waals surface area contributed by atoms with Crippen LogP contribution in [0, 0.1) is 18.4 Å². The van der Waals surface area contributed by atoms with Crippen LogP contribution in [-0.4, -0.2) is 45.9 Å². The first-order valence-corrected chi connectivity index (χ1v) is 20.0. The second-order valence-electron chi connectivity index (χ2n) is 14.7. The minimum Gasteiger partial charge on any atom is -0.497 e. The molecule has 2 aromatic heterocycles. The first kappa shape index (κ1) is 39.2. The second kappa shape index (κ2) is 16.7. The molecule has 1 fully saturated rings. The quantitative estimate of drug-likeness (QED) is 0.0700. The molecule has 8 aromatic rings. The van der Waals surface area contributed by atoms with Gasteiger partial charge in [0.25, 0.3) is 0 Å².